The first-order valence-corrected chi connectivity index (χ1v) is 7.36. The highest BCUT2D eigenvalue weighted by molar-refractivity contribution is 5.83. The van der Waals surface area contributed by atoms with E-state index in [2.05, 4.69) is 30.3 Å². The standard InChI is InChI=1S/C19H16O2/c20-19-17-12-18(21-19)16(17)11-15(13-7-3-1-4-8-13)14-9-5-2-6-10-14/h1-11,16-18H,12H2/t16-,17+,18-/m0/s1. The number of benzene rings is 2. The number of rotatable bonds is 3. The Hall–Kier alpha value is -2.35. The Morgan fingerprint density at radius 3 is 1.95 bits per heavy atom. The summed E-state index contributed by atoms with van der Waals surface area (Å²) in [5.74, 6) is 0.270. The summed E-state index contributed by atoms with van der Waals surface area (Å²) in [6, 6.07) is 20.7. The van der Waals surface area contributed by atoms with E-state index in [1.54, 1.807) is 0 Å². The number of esters is 1. The molecule has 1 saturated carbocycles. The van der Waals surface area contributed by atoms with E-state index in [0.717, 1.165) is 6.42 Å². The van der Waals surface area contributed by atoms with Crippen LogP contribution in [0.1, 0.15) is 17.5 Å². The lowest BCUT2D eigenvalue weighted by molar-refractivity contribution is -0.138. The van der Waals surface area contributed by atoms with Crippen LogP contribution >= 0.6 is 0 Å². The van der Waals surface area contributed by atoms with Crippen LogP contribution in [0, 0.1) is 11.8 Å². The van der Waals surface area contributed by atoms with Crippen LogP contribution in [-0.2, 0) is 9.53 Å². The molecule has 2 nitrogen and oxygen atoms in total. The van der Waals surface area contributed by atoms with Crippen LogP contribution in [0.25, 0.3) is 5.57 Å². The molecular formula is C19H16O2. The molecule has 2 heterocycles. The minimum atomic E-state index is -0.0262. The van der Waals surface area contributed by atoms with Crippen molar-refractivity contribution >= 4 is 11.5 Å². The molecule has 3 fully saturated rings. The van der Waals surface area contributed by atoms with Gasteiger partial charge in [0.15, 0.2) is 0 Å². The molecule has 0 aromatic heterocycles. The zero-order chi connectivity index (χ0) is 14.2. The SMILES string of the molecule is O=C1O[C@H]2C[C@@H]1[C@@H]2C=C(c1ccccc1)c1ccccc1. The predicted octanol–water partition coefficient (Wildman–Crippen LogP) is 3.68. The summed E-state index contributed by atoms with van der Waals surface area (Å²) in [4.78, 5) is 11.6. The van der Waals surface area contributed by atoms with Crippen molar-refractivity contribution in [3.63, 3.8) is 0 Å². The van der Waals surface area contributed by atoms with Gasteiger partial charge in [0.1, 0.15) is 6.10 Å². The summed E-state index contributed by atoms with van der Waals surface area (Å²) in [7, 11) is 0. The lowest BCUT2D eigenvalue weighted by Crippen LogP contribution is -2.32. The van der Waals surface area contributed by atoms with Gasteiger partial charge in [-0.2, -0.15) is 0 Å². The molecule has 0 unspecified atom stereocenters. The Labute approximate surface area is 124 Å². The fourth-order valence-corrected chi connectivity index (χ4v) is 3.25. The van der Waals surface area contributed by atoms with Gasteiger partial charge in [0.25, 0.3) is 0 Å². The molecular weight excluding hydrogens is 260 g/mol. The molecule has 0 amide bonds. The maximum Gasteiger partial charge on any atom is 0.310 e. The van der Waals surface area contributed by atoms with Gasteiger partial charge in [0.2, 0.25) is 0 Å². The van der Waals surface area contributed by atoms with E-state index in [0.29, 0.717) is 0 Å². The second-order valence-corrected chi connectivity index (χ2v) is 5.71. The Morgan fingerprint density at radius 2 is 1.52 bits per heavy atom. The van der Waals surface area contributed by atoms with Crippen molar-refractivity contribution in [2.45, 2.75) is 12.5 Å². The molecule has 2 heteroatoms. The highest BCUT2D eigenvalue weighted by Gasteiger charge is 2.54. The normalized spacial score (nSPS) is 25.9. The maximum absolute atomic E-state index is 11.6. The maximum atomic E-state index is 11.6. The highest BCUT2D eigenvalue weighted by Crippen LogP contribution is 2.47. The summed E-state index contributed by atoms with van der Waals surface area (Å²) in [5.41, 5.74) is 3.55. The Balaban J connectivity index is 1.76. The van der Waals surface area contributed by atoms with Crippen LogP contribution in [0.2, 0.25) is 0 Å². The lowest BCUT2D eigenvalue weighted by Gasteiger charge is -2.28. The number of ether oxygens (including phenoxy) is 1. The molecule has 0 radical (unpaired) electrons. The predicted molar refractivity (Wildman–Crippen MR) is 81.4 cm³/mol. The number of carbonyl (C=O) groups excluding carboxylic acids is 1. The molecule has 3 atom stereocenters. The smallest absolute Gasteiger partial charge is 0.310 e. The Morgan fingerprint density at radius 1 is 0.952 bits per heavy atom. The van der Waals surface area contributed by atoms with E-state index in [1.807, 2.05) is 36.4 Å². The Bertz CT molecular complexity index is 647. The average molecular weight is 276 g/mol. The zero-order valence-corrected chi connectivity index (χ0v) is 11.6. The van der Waals surface area contributed by atoms with E-state index in [1.165, 1.54) is 16.7 Å². The quantitative estimate of drug-likeness (QED) is 0.799. The highest BCUT2D eigenvalue weighted by atomic mass is 16.6. The molecule has 5 rings (SSSR count). The second kappa shape index (κ2) is 4.88. The molecule has 1 aliphatic carbocycles. The van der Waals surface area contributed by atoms with Gasteiger partial charge in [-0.1, -0.05) is 66.7 Å². The average Bonchev–Trinajstić information content (AvgIpc) is 3.05. The molecule has 21 heavy (non-hydrogen) atoms. The van der Waals surface area contributed by atoms with Gasteiger partial charge in [-0.15, -0.1) is 0 Å². The lowest BCUT2D eigenvalue weighted by atomic mass is 9.72. The Kier molecular flexibility index (Phi) is 2.88. The molecule has 2 aromatic carbocycles. The zero-order valence-electron chi connectivity index (χ0n) is 11.6. The largest absolute Gasteiger partial charge is 0.461 e. The first-order chi connectivity index (χ1) is 10.3. The number of hydrogen-bond donors (Lipinski definition) is 0. The van der Waals surface area contributed by atoms with E-state index in [9.17, 15) is 4.79 Å². The monoisotopic (exact) mass is 276 g/mol. The van der Waals surface area contributed by atoms with Crippen molar-refractivity contribution < 1.29 is 9.53 Å². The molecule has 2 aromatic rings. The topological polar surface area (TPSA) is 26.3 Å². The van der Waals surface area contributed by atoms with Crippen LogP contribution in [0.15, 0.2) is 66.7 Å². The minimum absolute atomic E-state index is 0.0262. The summed E-state index contributed by atoms with van der Waals surface area (Å²) in [6.45, 7) is 0. The van der Waals surface area contributed by atoms with Crippen molar-refractivity contribution in [1.82, 2.24) is 0 Å². The number of fused-ring (bicyclic) bond motifs is 1. The van der Waals surface area contributed by atoms with Gasteiger partial charge in [-0.3, -0.25) is 4.79 Å². The first-order valence-electron chi connectivity index (χ1n) is 7.36. The van der Waals surface area contributed by atoms with Crippen LogP contribution in [0.3, 0.4) is 0 Å². The molecule has 104 valence electrons. The summed E-state index contributed by atoms with van der Waals surface area (Å²) in [6.07, 6.45) is 3.20. The number of carbonyl (C=O) groups is 1. The third-order valence-electron chi connectivity index (χ3n) is 4.48. The molecule has 2 aliphatic heterocycles. The van der Waals surface area contributed by atoms with Crippen molar-refractivity contribution in [2.24, 2.45) is 11.8 Å². The van der Waals surface area contributed by atoms with Gasteiger partial charge >= 0.3 is 5.97 Å². The minimum Gasteiger partial charge on any atom is -0.461 e. The van der Waals surface area contributed by atoms with Crippen molar-refractivity contribution in [2.75, 3.05) is 0 Å². The molecule has 0 spiro atoms. The van der Waals surface area contributed by atoms with Gasteiger partial charge in [-0.05, 0) is 23.1 Å². The first kappa shape index (κ1) is 12.4. The van der Waals surface area contributed by atoms with Gasteiger partial charge < -0.3 is 4.74 Å². The fourth-order valence-electron chi connectivity index (χ4n) is 3.25. The van der Waals surface area contributed by atoms with Gasteiger partial charge in [0, 0.05) is 5.92 Å². The van der Waals surface area contributed by atoms with Crippen molar-refractivity contribution in [3.8, 4) is 0 Å². The molecule has 2 bridgehead atoms. The van der Waals surface area contributed by atoms with E-state index >= 15 is 0 Å². The van der Waals surface area contributed by atoms with Crippen LogP contribution in [-0.4, -0.2) is 12.1 Å². The van der Waals surface area contributed by atoms with Crippen LogP contribution < -0.4 is 0 Å². The van der Waals surface area contributed by atoms with Crippen LogP contribution in [0.5, 0.6) is 0 Å². The van der Waals surface area contributed by atoms with Crippen LogP contribution in [0.4, 0.5) is 0 Å². The molecule has 2 saturated heterocycles. The summed E-state index contributed by atoms with van der Waals surface area (Å²) in [5, 5.41) is 0. The fraction of sp³-hybridized carbons (Fsp3) is 0.211. The van der Waals surface area contributed by atoms with Gasteiger partial charge in [0.05, 0.1) is 5.92 Å². The van der Waals surface area contributed by atoms with E-state index in [4.69, 9.17) is 4.74 Å². The second-order valence-electron chi connectivity index (χ2n) is 5.71. The van der Waals surface area contributed by atoms with Crippen molar-refractivity contribution in [1.29, 1.82) is 0 Å². The number of hydrogen-bond acceptors (Lipinski definition) is 2. The van der Waals surface area contributed by atoms with E-state index < -0.39 is 0 Å². The third kappa shape index (κ3) is 2.07. The molecule has 0 N–H and O–H groups in total. The summed E-state index contributed by atoms with van der Waals surface area (Å²) >= 11 is 0. The molecule has 3 aliphatic rings. The summed E-state index contributed by atoms with van der Waals surface area (Å²) < 4.78 is 5.34. The third-order valence-corrected chi connectivity index (χ3v) is 4.48. The van der Waals surface area contributed by atoms with Crippen molar-refractivity contribution in [3.05, 3.63) is 77.9 Å². The van der Waals surface area contributed by atoms with E-state index in [-0.39, 0.29) is 23.9 Å². The van der Waals surface area contributed by atoms with Gasteiger partial charge in [-0.25, -0.2) is 0 Å².